The van der Waals surface area contributed by atoms with E-state index in [1.54, 1.807) is 29.9 Å². The molecule has 4 heterocycles. The van der Waals surface area contributed by atoms with Crippen molar-refractivity contribution in [1.82, 2.24) is 19.4 Å². The summed E-state index contributed by atoms with van der Waals surface area (Å²) < 4.78 is 27.8. The van der Waals surface area contributed by atoms with E-state index in [-0.39, 0.29) is 4.88 Å². The molecule has 0 aliphatic heterocycles. The van der Waals surface area contributed by atoms with Gasteiger partial charge in [-0.1, -0.05) is 0 Å². The maximum atomic E-state index is 13.0. The third-order valence-electron chi connectivity index (χ3n) is 3.18. The average molecular weight is 334 g/mol. The molecule has 8 heteroatoms. The number of halogens is 2. The van der Waals surface area contributed by atoms with Crippen LogP contribution in [0.15, 0.2) is 41.5 Å². The molecular formula is C14H8F2N4S2. The van der Waals surface area contributed by atoms with Gasteiger partial charge in [0.05, 0.1) is 16.8 Å². The summed E-state index contributed by atoms with van der Waals surface area (Å²) in [5.74, 6) is 0.579. The maximum absolute atomic E-state index is 13.0. The molecule has 4 nitrogen and oxygen atoms in total. The minimum Gasteiger partial charge on any atom is -0.282 e. The molecule has 0 amide bonds. The second-order valence-corrected chi connectivity index (χ2v) is 6.28. The third-order valence-corrected chi connectivity index (χ3v) is 4.98. The number of hydrogen-bond acceptors (Lipinski definition) is 5. The van der Waals surface area contributed by atoms with Gasteiger partial charge in [0, 0.05) is 23.3 Å². The number of hydrogen-bond donors (Lipinski definition) is 0. The minimum atomic E-state index is -2.48. The van der Waals surface area contributed by atoms with Crippen LogP contribution in [0.25, 0.3) is 27.7 Å². The van der Waals surface area contributed by atoms with Crippen LogP contribution in [0.4, 0.5) is 8.78 Å². The molecule has 22 heavy (non-hydrogen) atoms. The number of nitrogens with zero attached hydrogens (tertiary/aromatic N) is 4. The van der Waals surface area contributed by atoms with Gasteiger partial charge in [-0.3, -0.25) is 4.40 Å². The van der Waals surface area contributed by atoms with Gasteiger partial charge < -0.3 is 0 Å². The normalized spacial score (nSPS) is 11.6. The van der Waals surface area contributed by atoms with Crippen LogP contribution >= 0.6 is 22.7 Å². The quantitative estimate of drug-likeness (QED) is 0.553. The fourth-order valence-electron chi connectivity index (χ4n) is 2.20. The SMILES string of the molecule is FC(F)c1sccc1-c1nc(-c2cnc3ncccn23)cs1. The van der Waals surface area contributed by atoms with Gasteiger partial charge in [0.2, 0.25) is 5.78 Å². The molecule has 0 aromatic carbocycles. The first-order chi connectivity index (χ1) is 10.7. The van der Waals surface area contributed by atoms with Crippen molar-refractivity contribution in [2.24, 2.45) is 0 Å². The van der Waals surface area contributed by atoms with Gasteiger partial charge in [0.25, 0.3) is 6.43 Å². The summed E-state index contributed by atoms with van der Waals surface area (Å²) in [5, 5.41) is 4.10. The van der Waals surface area contributed by atoms with E-state index in [1.807, 2.05) is 16.0 Å². The molecule has 110 valence electrons. The molecule has 0 N–H and O–H groups in total. The highest BCUT2D eigenvalue weighted by molar-refractivity contribution is 7.14. The molecule has 0 aliphatic rings. The number of fused-ring (bicyclic) bond motifs is 1. The van der Waals surface area contributed by atoms with E-state index < -0.39 is 6.43 Å². The zero-order valence-corrected chi connectivity index (χ0v) is 12.6. The molecule has 0 atom stereocenters. The Kier molecular flexibility index (Phi) is 3.20. The van der Waals surface area contributed by atoms with E-state index in [9.17, 15) is 8.78 Å². The molecule has 0 saturated carbocycles. The fourth-order valence-corrected chi connectivity index (χ4v) is 3.86. The highest BCUT2D eigenvalue weighted by Crippen LogP contribution is 2.38. The van der Waals surface area contributed by atoms with Gasteiger partial charge in [-0.2, -0.15) is 0 Å². The van der Waals surface area contributed by atoms with Gasteiger partial charge in [-0.05, 0) is 17.5 Å². The number of aromatic nitrogens is 4. The zero-order chi connectivity index (χ0) is 15.1. The highest BCUT2D eigenvalue weighted by Gasteiger charge is 2.19. The summed E-state index contributed by atoms with van der Waals surface area (Å²) in [6.07, 6.45) is 2.71. The lowest BCUT2D eigenvalue weighted by Crippen LogP contribution is -1.89. The number of thiophene rings is 1. The van der Waals surface area contributed by atoms with Crippen molar-refractivity contribution >= 4 is 28.5 Å². The van der Waals surface area contributed by atoms with E-state index in [0.717, 1.165) is 17.0 Å². The molecule has 0 radical (unpaired) electrons. The molecule has 0 bridgehead atoms. The summed E-state index contributed by atoms with van der Waals surface area (Å²) in [6, 6.07) is 3.49. The number of imidazole rings is 1. The number of thiazole rings is 1. The van der Waals surface area contributed by atoms with Crippen LogP contribution in [-0.2, 0) is 0 Å². The molecule has 0 unspecified atom stereocenters. The van der Waals surface area contributed by atoms with Crippen LogP contribution in [0.5, 0.6) is 0 Å². The Morgan fingerprint density at radius 1 is 1.18 bits per heavy atom. The first kappa shape index (κ1) is 13.5. The van der Waals surface area contributed by atoms with Crippen molar-refractivity contribution in [2.75, 3.05) is 0 Å². The summed E-state index contributed by atoms with van der Waals surface area (Å²) in [6.45, 7) is 0. The first-order valence-electron chi connectivity index (χ1n) is 6.34. The molecule has 0 saturated heterocycles. The Morgan fingerprint density at radius 3 is 2.95 bits per heavy atom. The van der Waals surface area contributed by atoms with Crippen molar-refractivity contribution in [3.63, 3.8) is 0 Å². The van der Waals surface area contributed by atoms with Crippen LogP contribution in [0.1, 0.15) is 11.3 Å². The fraction of sp³-hybridized carbons (Fsp3) is 0.0714. The Morgan fingerprint density at radius 2 is 2.09 bits per heavy atom. The summed E-state index contributed by atoms with van der Waals surface area (Å²) in [5.41, 5.74) is 1.99. The maximum Gasteiger partial charge on any atom is 0.273 e. The molecule has 4 aromatic heterocycles. The van der Waals surface area contributed by atoms with Gasteiger partial charge in [0.15, 0.2) is 0 Å². The van der Waals surface area contributed by atoms with Crippen molar-refractivity contribution in [3.05, 3.63) is 46.4 Å². The molecule has 0 fully saturated rings. The van der Waals surface area contributed by atoms with Gasteiger partial charge in [-0.25, -0.2) is 23.7 Å². The van der Waals surface area contributed by atoms with Crippen LogP contribution in [0.2, 0.25) is 0 Å². The van der Waals surface area contributed by atoms with Crippen molar-refractivity contribution < 1.29 is 8.78 Å². The lowest BCUT2D eigenvalue weighted by Gasteiger charge is -1.99. The minimum absolute atomic E-state index is 0.0562. The van der Waals surface area contributed by atoms with E-state index in [1.165, 1.54) is 11.3 Å². The second kappa shape index (κ2) is 5.22. The Labute approximate surface area is 131 Å². The lowest BCUT2D eigenvalue weighted by atomic mass is 10.2. The summed E-state index contributed by atoms with van der Waals surface area (Å²) in [7, 11) is 0. The van der Waals surface area contributed by atoms with E-state index >= 15 is 0 Å². The van der Waals surface area contributed by atoms with Crippen molar-refractivity contribution in [2.45, 2.75) is 6.43 Å². The van der Waals surface area contributed by atoms with E-state index in [4.69, 9.17) is 0 Å². The Bertz CT molecular complexity index is 941. The Hall–Kier alpha value is -2.19. The first-order valence-corrected chi connectivity index (χ1v) is 8.10. The second-order valence-electron chi connectivity index (χ2n) is 4.47. The zero-order valence-electron chi connectivity index (χ0n) is 11.0. The standard InChI is InChI=1S/C14H8F2N4S2/c15-12(16)11-8(2-5-21-11)13-19-9(7-22-13)10-6-18-14-17-3-1-4-20(10)14/h1-7,12H. The van der Waals surface area contributed by atoms with E-state index in [0.29, 0.717) is 22.0 Å². The van der Waals surface area contributed by atoms with Gasteiger partial charge in [0.1, 0.15) is 10.7 Å². The molecule has 0 spiro atoms. The molecule has 0 aliphatic carbocycles. The largest absolute Gasteiger partial charge is 0.282 e. The van der Waals surface area contributed by atoms with Crippen LogP contribution in [0, 0.1) is 0 Å². The predicted octanol–water partition coefficient (Wildman–Crippen LogP) is 4.52. The summed E-state index contributed by atoms with van der Waals surface area (Å²) in [4.78, 5) is 12.9. The van der Waals surface area contributed by atoms with Gasteiger partial charge >= 0.3 is 0 Å². The summed E-state index contributed by atoms with van der Waals surface area (Å²) >= 11 is 2.40. The number of alkyl halides is 2. The average Bonchev–Trinajstić information content (AvgIpc) is 3.24. The topological polar surface area (TPSA) is 43.1 Å². The smallest absolute Gasteiger partial charge is 0.273 e. The lowest BCUT2D eigenvalue weighted by molar-refractivity contribution is 0.156. The van der Waals surface area contributed by atoms with Crippen LogP contribution < -0.4 is 0 Å². The third kappa shape index (κ3) is 2.11. The number of rotatable bonds is 3. The Balaban J connectivity index is 1.80. The van der Waals surface area contributed by atoms with Crippen molar-refractivity contribution in [3.8, 4) is 22.0 Å². The predicted molar refractivity (Wildman–Crippen MR) is 82.4 cm³/mol. The molecular weight excluding hydrogens is 326 g/mol. The van der Waals surface area contributed by atoms with Gasteiger partial charge in [-0.15, -0.1) is 22.7 Å². The van der Waals surface area contributed by atoms with Crippen LogP contribution in [-0.4, -0.2) is 19.4 Å². The molecule has 4 rings (SSSR count). The highest BCUT2D eigenvalue weighted by atomic mass is 32.1. The molecule has 4 aromatic rings. The monoisotopic (exact) mass is 334 g/mol. The van der Waals surface area contributed by atoms with E-state index in [2.05, 4.69) is 15.0 Å². The van der Waals surface area contributed by atoms with Crippen LogP contribution in [0.3, 0.4) is 0 Å². The van der Waals surface area contributed by atoms with Crippen molar-refractivity contribution in [1.29, 1.82) is 0 Å².